The maximum atomic E-state index is 13.8. The quantitative estimate of drug-likeness (QED) is 0.151. The molecule has 4 aliphatic rings. The second-order valence-electron chi connectivity index (χ2n) is 18.4. The number of aromatic nitrogens is 2. The molecule has 0 radical (unpaired) electrons. The molecular formula is C54H60Cl6N8O5. The summed E-state index contributed by atoms with van der Waals surface area (Å²) in [5.74, 6) is -0.578. The number of pyridine rings is 2. The summed E-state index contributed by atoms with van der Waals surface area (Å²) in [5.41, 5.74) is 9.04. The van der Waals surface area contributed by atoms with E-state index in [1.165, 1.54) is 0 Å². The van der Waals surface area contributed by atoms with Crippen molar-refractivity contribution in [2.75, 3.05) is 79.5 Å². The number of para-hydroxylation sites is 2. The van der Waals surface area contributed by atoms with Crippen LogP contribution in [0.25, 0.3) is 21.8 Å². The highest BCUT2D eigenvalue weighted by Crippen LogP contribution is 2.32. The summed E-state index contributed by atoms with van der Waals surface area (Å²) in [7, 11) is 4.18. The van der Waals surface area contributed by atoms with Gasteiger partial charge in [-0.25, -0.2) is 0 Å². The minimum atomic E-state index is -0.828. The van der Waals surface area contributed by atoms with Crippen LogP contribution in [0.3, 0.4) is 0 Å². The molecule has 2 saturated heterocycles. The lowest BCUT2D eigenvalue weighted by molar-refractivity contribution is -0.137. The van der Waals surface area contributed by atoms with Gasteiger partial charge < -0.3 is 34.9 Å². The summed E-state index contributed by atoms with van der Waals surface area (Å²) in [6.45, 7) is 9.25. The van der Waals surface area contributed by atoms with Crippen molar-refractivity contribution < 1.29 is 24.3 Å². The lowest BCUT2D eigenvalue weighted by Crippen LogP contribution is -2.47. The zero-order valence-corrected chi connectivity index (χ0v) is 45.5. The number of hydrogen-bond acceptors (Lipinski definition) is 9. The number of carboxylic acids is 1. The number of piperazine rings is 2. The molecule has 0 saturated carbocycles. The Morgan fingerprint density at radius 1 is 0.575 bits per heavy atom. The number of amides is 3. The molecule has 13 nitrogen and oxygen atoms in total. The molecule has 19 heteroatoms. The number of aliphatic carboxylic acids is 1. The SMILES string of the molecule is CN1CCN(C(=O)c2c3c(nc4ccccc24)CCN(C(=O)CCc2ccc(Cl)cc2Cl)C3)CC1.CN1CCN(C(=O)c2c3c(nc4ccccc24)CCNC3)CC1.Cl.Cl.O=C(O)CCc1ccc(Cl)cc1Cl. The first-order valence-electron chi connectivity index (χ1n) is 24.1. The van der Waals surface area contributed by atoms with E-state index in [2.05, 4.69) is 29.2 Å². The first kappa shape index (κ1) is 57.5. The second-order valence-corrected chi connectivity index (χ2v) is 20.1. The standard InChI is InChI=1S/C27H28Cl2N4O2.C18H22N4O.C9H8Cl2O2.2ClH/c1-31-12-14-32(15-13-31)27(35)26-20-4-2-3-5-23(20)30-24-10-11-33(17-21(24)26)25(34)9-7-18-6-8-19(28)16-22(18)29;1-21-8-10-22(11-9-21)18(23)17-13-4-2-3-5-15(13)20-16-6-7-19-12-14(16)17;10-7-3-1-6(8(11)5-7)2-4-9(12)13;;/h2-6,8,16H,7,9-15,17H2,1H3;2-5,19H,6-12H2,1H3;1,3,5H,2,4H2,(H,12,13);2*1H. The maximum Gasteiger partial charge on any atom is 0.303 e. The van der Waals surface area contributed by atoms with Gasteiger partial charge in [-0.15, -0.1) is 24.8 Å². The Hall–Kier alpha value is -4.80. The lowest BCUT2D eigenvalue weighted by Gasteiger charge is -2.35. The molecule has 4 aromatic carbocycles. The van der Waals surface area contributed by atoms with E-state index in [-0.39, 0.29) is 49.0 Å². The van der Waals surface area contributed by atoms with Crippen molar-refractivity contribution in [1.29, 1.82) is 0 Å². The van der Waals surface area contributed by atoms with Crippen molar-refractivity contribution in [1.82, 2.24) is 39.8 Å². The van der Waals surface area contributed by atoms with E-state index >= 15 is 0 Å². The molecule has 2 N–H and O–H groups in total. The van der Waals surface area contributed by atoms with E-state index in [4.69, 9.17) is 61.5 Å². The molecule has 73 heavy (non-hydrogen) atoms. The zero-order valence-electron chi connectivity index (χ0n) is 40.8. The van der Waals surface area contributed by atoms with Crippen LogP contribution >= 0.6 is 71.2 Å². The summed E-state index contributed by atoms with van der Waals surface area (Å²) < 4.78 is 0. The van der Waals surface area contributed by atoms with Crippen LogP contribution in [0.1, 0.15) is 67.2 Å². The van der Waals surface area contributed by atoms with Gasteiger partial charge in [0, 0.05) is 158 Å². The van der Waals surface area contributed by atoms with Crippen molar-refractivity contribution in [2.24, 2.45) is 0 Å². The van der Waals surface area contributed by atoms with Gasteiger partial charge in [0.1, 0.15) is 0 Å². The van der Waals surface area contributed by atoms with Crippen LogP contribution in [0.15, 0.2) is 84.9 Å². The number of fused-ring (bicyclic) bond motifs is 4. The summed E-state index contributed by atoms with van der Waals surface area (Å²) in [6.07, 6.45) is 2.94. The average Bonchev–Trinajstić information content (AvgIpc) is 3.37. The number of carbonyl (C=O) groups is 4. The molecule has 0 bridgehead atoms. The molecule has 0 unspecified atom stereocenters. The van der Waals surface area contributed by atoms with Gasteiger partial charge in [0.2, 0.25) is 5.91 Å². The predicted molar refractivity (Wildman–Crippen MR) is 297 cm³/mol. The minimum absolute atomic E-state index is 0. The van der Waals surface area contributed by atoms with Crippen LogP contribution in [-0.4, -0.2) is 143 Å². The lowest BCUT2D eigenvalue weighted by atomic mass is 9.94. The van der Waals surface area contributed by atoms with Crippen molar-refractivity contribution in [3.63, 3.8) is 0 Å². The van der Waals surface area contributed by atoms with E-state index in [0.717, 1.165) is 120 Å². The Labute approximate surface area is 458 Å². The van der Waals surface area contributed by atoms with Crippen molar-refractivity contribution in [2.45, 2.75) is 51.6 Å². The highest BCUT2D eigenvalue weighted by atomic mass is 35.5. The summed E-state index contributed by atoms with van der Waals surface area (Å²) >= 11 is 23.8. The Bertz CT molecular complexity index is 2950. The minimum Gasteiger partial charge on any atom is -0.481 e. The number of nitrogens with one attached hydrogen (secondary N) is 1. The van der Waals surface area contributed by atoms with Crippen LogP contribution in [0.2, 0.25) is 20.1 Å². The van der Waals surface area contributed by atoms with Gasteiger partial charge in [-0.1, -0.05) is 94.9 Å². The predicted octanol–water partition coefficient (Wildman–Crippen LogP) is 9.57. The van der Waals surface area contributed by atoms with Gasteiger partial charge in [-0.2, -0.15) is 0 Å². The molecule has 0 spiro atoms. The van der Waals surface area contributed by atoms with E-state index in [9.17, 15) is 19.2 Å². The van der Waals surface area contributed by atoms with Gasteiger partial charge in [0.15, 0.2) is 0 Å². The smallest absolute Gasteiger partial charge is 0.303 e. The Morgan fingerprint density at radius 2 is 1.04 bits per heavy atom. The number of hydrogen-bond donors (Lipinski definition) is 2. The summed E-state index contributed by atoms with van der Waals surface area (Å²) in [6, 6.07) is 26.3. The van der Waals surface area contributed by atoms with Gasteiger partial charge in [-0.3, -0.25) is 29.1 Å². The number of likely N-dealkylation sites (N-methyl/N-ethyl adjacent to an activating group) is 2. The monoisotopic (exact) mass is 1110 g/mol. The number of rotatable bonds is 8. The molecule has 10 rings (SSSR count). The summed E-state index contributed by atoms with van der Waals surface area (Å²) in [5, 5.41) is 15.9. The highest BCUT2D eigenvalue weighted by Gasteiger charge is 2.32. The molecule has 6 aromatic rings. The van der Waals surface area contributed by atoms with Crippen LogP contribution in [0, 0.1) is 0 Å². The van der Waals surface area contributed by atoms with E-state index in [1.807, 2.05) is 69.3 Å². The first-order valence-corrected chi connectivity index (χ1v) is 25.6. The molecule has 2 aromatic heterocycles. The average molecular weight is 1110 g/mol. The molecule has 0 atom stereocenters. The topological polar surface area (TPSA) is 143 Å². The second kappa shape index (κ2) is 26.6. The molecule has 6 heterocycles. The molecule has 0 aliphatic carbocycles. The van der Waals surface area contributed by atoms with E-state index < -0.39 is 5.97 Å². The zero-order chi connectivity index (χ0) is 50.2. The molecule has 388 valence electrons. The van der Waals surface area contributed by atoms with Crippen molar-refractivity contribution >= 4 is 117 Å². The molecular weight excluding hydrogens is 1050 g/mol. The number of halogens is 6. The van der Waals surface area contributed by atoms with Crippen LogP contribution in [0.4, 0.5) is 0 Å². The molecule has 4 aliphatic heterocycles. The van der Waals surface area contributed by atoms with Gasteiger partial charge in [-0.05, 0) is 74.5 Å². The van der Waals surface area contributed by atoms with Gasteiger partial charge in [0.05, 0.1) is 22.2 Å². The Balaban J connectivity index is 0.000000196. The van der Waals surface area contributed by atoms with Crippen LogP contribution < -0.4 is 5.32 Å². The normalized spacial score (nSPS) is 15.6. The highest BCUT2D eigenvalue weighted by molar-refractivity contribution is 6.35. The fourth-order valence-electron chi connectivity index (χ4n) is 9.44. The number of benzene rings is 4. The summed E-state index contributed by atoms with van der Waals surface area (Å²) in [4.78, 5) is 70.5. The number of aryl methyl sites for hydroxylation is 2. The largest absolute Gasteiger partial charge is 0.481 e. The van der Waals surface area contributed by atoms with Gasteiger partial charge in [0.25, 0.3) is 11.8 Å². The fraction of sp³-hybridized carbons (Fsp3) is 0.370. The molecule has 2 fully saturated rings. The first-order chi connectivity index (χ1) is 34.2. The van der Waals surface area contributed by atoms with Crippen molar-refractivity contribution in [3.8, 4) is 0 Å². The number of nitrogens with zero attached hydrogens (tertiary/aromatic N) is 7. The van der Waals surface area contributed by atoms with Crippen molar-refractivity contribution in [3.05, 3.63) is 150 Å². The third kappa shape index (κ3) is 14.3. The Kier molecular flexibility index (Phi) is 21.0. The number of carbonyl (C=O) groups excluding carboxylic acids is 3. The number of carboxylic acid groups (broad SMARTS) is 1. The third-order valence-corrected chi connectivity index (χ3v) is 14.7. The van der Waals surface area contributed by atoms with Crippen LogP contribution in [0.5, 0.6) is 0 Å². The maximum absolute atomic E-state index is 13.8. The fourth-order valence-corrected chi connectivity index (χ4v) is 10.4. The third-order valence-electron chi connectivity index (χ3n) is 13.6. The van der Waals surface area contributed by atoms with E-state index in [0.29, 0.717) is 77.5 Å². The Morgan fingerprint density at radius 3 is 1.53 bits per heavy atom. The molecule has 3 amide bonds. The van der Waals surface area contributed by atoms with Gasteiger partial charge >= 0.3 is 5.97 Å². The van der Waals surface area contributed by atoms with Crippen LogP contribution in [-0.2, 0) is 48.4 Å². The van der Waals surface area contributed by atoms with E-state index in [1.54, 1.807) is 30.3 Å².